The van der Waals surface area contributed by atoms with E-state index in [1.807, 2.05) is 50.2 Å². The molecule has 2 aromatic heterocycles. The molecule has 0 amide bonds. The molecule has 1 N–H and O–H groups in total. The fourth-order valence-electron chi connectivity index (χ4n) is 2.32. The Hall–Kier alpha value is -2.27. The Bertz CT molecular complexity index is 736. The molecule has 0 aliphatic rings. The average Bonchev–Trinajstić information content (AvgIpc) is 2.84. The van der Waals surface area contributed by atoms with Gasteiger partial charge >= 0.3 is 0 Å². The fraction of sp³-hybridized carbons (Fsp3) is 0.267. The van der Waals surface area contributed by atoms with Gasteiger partial charge in [-0.15, -0.1) is 4.68 Å². The lowest BCUT2D eigenvalue weighted by atomic mass is 10.1. The lowest BCUT2D eigenvalue weighted by molar-refractivity contribution is -0.806. The molecule has 0 saturated carbocycles. The highest BCUT2D eigenvalue weighted by atomic mass is 16.3. The quantitative estimate of drug-likeness (QED) is 0.731. The SMILES string of the molecule is Cc1cc(C)c2n[n+](C(O)Cc3ccccc3)cn2n1. The molecule has 0 spiro atoms. The van der Waals surface area contributed by atoms with Gasteiger partial charge in [0.25, 0.3) is 12.0 Å². The summed E-state index contributed by atoms with van der Waals surface area (Å²) in [5.74, 6) is 0. The maximum atomic E-state index is 10.3. The molecule has 1 aromatic carbocycles. The summed E-state index contributed by atoms with van der Waals surface area (Å²) in [5.41, 5.74) is 3.81. The van der Waals surface area contributed by atoms with Crippen molar-refractivity contribution in [1.82, 2.24) is 14.7 Å². The number of hydrogen-bond acceptors (Lipinski definition) is 3. The van der Waals surface area contributed by atoms with Gasteiger partial charge < -0.3 is 5.11 Å². The molecule has 0 bridgehead atoms. The molecular formula is C15H17N4O+. The van der Waals surface area contributed by atoms with Gasteiger partial charge in [-0.05, 0) is 30.6 Å². The summed E-state index contributed by atoms with van der Waals surface area (Å²) in [6.07, 6.45) is 1.55. The molecule has 1 unspecified atom stereocenters. The van der Waals surface area contributed by atoms with Gasteiger partial charge in [-0.2, -0.15) is 0 Å². The van der Waals surface area contributed by atoms with Gasteiger partial charge in [0, 0.05) is 12.0 Å². The summed E-state index contributed by atoms with van der Waals surface area (Å²) >= 11 is 0. The van der Waals surface area contributed by atoms with Crippen molar-refractivity contribution in [2.24, 2.45) is 0 Å². The standard InChI is InChI=1S/C15H17N4O/c1-11-8-12(2)16-19-10-18(17-15(11)19)14(20)9-13-6-4-3-5-7-13/h3-8,10,14,20H,9H2,1-2H3/q+1. The molecule has 0 aliphatic heterocycles. The summed E-state index contributed by atoms with van der Waals surface area (Å²) < 4.78 is 3.26. The van der Waals surface area contributed by atoms with E-state index in [-0.39, 0.29) is 0 Å². The molecule has 20 heavy (non-hydrogen) atoms. The van der Waals surface area contributed by atoms with Crippen molar-refractivity contribution in [3.8, 4) is 0 Å². The Morgan fingerprint density at radius 1 is 1.25 bits per heavy atom. The molecule has 1 atom stereocenters. The van der Waals surface area contributed by atoms with E-state index in [2.05, 4.69) is 10.2 Å². The Morgan fingerprint density at radius 2 is 2.00 bits per heavy atom. The van der Waals surface area contributed by atoms with Crippen molar-refractivity contribution in [3.05, 3.63) is 59.5 Å². The normalized spacial score (nSPS) is 12.8. The zero-order chi connectivity index (χ0) is 14.1. The van der Waals surface area contributed by atoms with Crippen LogP contribution in [0, 0.1) is 13.8 Å². The van der Waals surface area contributed by atoms with Crippen LogP contribution in [-0.4, -0.2) is 19.8 Å². The van der Waals surface area contributed by atoms with E-state index in [1.165, 1.54) is 0 Å². The number of aliphatic hydroxyl groups is 1. The monoisotopic (exact) mass is 269 g/mol. The van der Waals surface area contributed by atoms with E-state index in [0.717, 1.165) is 22.5 Å². The number of benzene rings is 1. The predicted octanol–water partition coefficient (Wildman–Crippen LogP) is 1.37. The van der Waals surface area contributed by atoms with Crippen LogP contribution in [0.4, 0.5) is 0 Å². The highest BCUT2D eigenvalue weighted by Crippen LogP contribution is 2.09. The third-order valence-corrected chi connectivity index (χ3v) is 3.26. The molecule has 5 heteroatoms. The number of aryl methyl sites for hydroxylation is 2. The van der Waals surface area contributed by atoms with E-state index in [0.29, 0.717) is 6.42 Å². The number of rotatable bonds is 3. The third kappa shape index (κ3) is 2.40. The molecule has 102 valence electrons. The van der Waals surface area contributed by atoms with Crippen LogP contribution >= 0.6 is 0 Å². The second-order valence-electron chi connectivity index (χ2n) is 5.00. The average molecular weight is 269 g/mol. The number of aromatic nitrogens is 4. The first-order valence-corrected chi connectivity index (χ1v) is 6.60. The zero-order valence-corrected chi connectivity index (χ0v) is 11.6. The highest BCUT2D eigenvalue weighted by molar-refractivity contribution is 5.43. The second-order valence-corrected chi connectivity index (χ2v) is 5.00. The molecule has 0 radical (unpaired) electrons. The van der Waals surface area contributed by atoms with Gasteiger partial charge in [0.2, 0.25) is 6.23 Å². The van der Waals surface area contributed by atoms with Crippen molar-refractivity contribution < 1.29 is 9.79 Å². The number of hydrogen-bond donors (Lipinski definition) is 1. The van der Waals surface area contributed by atoms with Crippen LogP contribution in [0.15, 0.2) is 42.7 Å². The van der Waals surface area contributed by atoms with Crippen molar-refractivity contribution in [3.63, 3.8) is 0 Å². The molecule has 5 nitrogen and oxygen atoms in total. The van der Waals surface area contributed by atoms with Crippen molar-refractivity contribution in [1.29, 1.82) is 0 Å². The minimum absolute atomic E-state index is 0.521. The van der Waals surface area contributed by atoms with E-state index >= 15 is 0 Å². The maximum absolute atomic E-state index is 10.3. The Morgan fingerprint density at radius 3 is 2.75 bits per heavy atom. The van der Waals surface area contributed by atoms with Crippen molar-refractivity contribution in [2.75, 3.05) is 0 Å². The molecular weight excluding hydrogens is 252 g/mol. The van der Waals surface area contributed by atoms with Crippen LogP contribution in [0.1, 0.15) is 23.0 Å². The van der Waals surface area contributed by atoms with Gasteiger partial charge in [0.15, 0.2) is 0 Å². The smallest absolute Gasteiger partial charge is 0.294 e. The molecule has 3 rings (SSSR count). The first-order chi connectivity index (χ1) is 9.63. The van der Waals surface area contributed by atoms with Crippen molar-refractivity contribution >= 4 is 5.65 Å². The minimum atomic E-state index is -0.696. The van der Waals surface area contributed by atoms with Crippen LogP contribution in [0.5, 0.6) is 0 Å². The molecule has 0 saturated heterocycles. The zero-order valence-electron chi connectivity index (χ0n) is 11.6. The largest absolute Gasteiger partial charge is 0.353 e. The second kappa shape index (κ2) is 5.02. The summed E-state index contributed by atoms with van der Waals surface area (Å²) in [5, 5.41) is 19.1. The summed E-state index contributed by atoms with van der Waals surface area (Å²) in [4.78, 5) is 0. The maximum Gasteiger partial charge on any atom is 0.294 e. The van der Waals surface area contributed by atoms with Gasteiger partial charge in [0.1, 0.15) is 0 Å². The Balaban J connectivity index is 1.92. The van der Waals surface area contributed by atoms with E-state index < -0.39 is 6.23 Å². The predicted molar refractivity (Wildman–Crippen MR) is 74.1 cm³/mol. The van der Waals surface area contributed by atoms with Crippen LogP contribution in [-0.2, 0) is 6.42 Å². The minimum Gasteiger partial charge on any atom is -0.353 e. The summed E-state index contributed by atoms with van der Waals surface area (Å²) in [7, 11) is 0. The summed E-state index contributed by atoms with van der Waals surface area (Å²) in [6.45, 7) is 3.93. The molecule has 2 heterocycles. The van der Waals surface area contributed by atoms with Gasteiger partial charge in [0.05, 0.1) is 5.69 Å². The van der Waals surface area contributed by atoms with Gasteiger partial charge in [-0.3, -0.25) is 0 Å². The van der Waals surface area contributed by atoms with Crippen LogP contribution < -0.4 is 4.68 Å². The van der Waals surface area contributed by atoms with Gasteiger partial charge in [-0.25, -0.2) is 0 Å². The number of nitrogens with zero attached hydrogens (tertiary/aromatic N) is 4. The van der Waals surface area contributed by atoms with Gasteiger partial charge in [-0.1, -0.05) is 39.9 Å². The van der Waals surface area contributed by atoms with Crippen LogP contribution in [0.25, 0.3) is 5.65 Å². The van der Waals surface area contributed by atoms with E-state index in [4.69, 9.17) is 0 Å². The van der Waals surface area contributed by atoms with Crippen LogP contribution in [0.2, 0.25) is 0 Å². The van der Waals surface area contributed by atoms with Crippen molar-refractivity contribution in [2.45, 2.75) is 26.5 Å². The Labute approximate surface area is 117 Å². The first-order valence-electron chi connectivity index (χ1n) is 6.60. The Kier molecular flexibility index (Phi) is 3.20. The number of aliphatic hydroxyl groups excluding tert-OH is 1. The van der Waals surface area contributed by atoms with E-state index in [9.17, 15) is 5.11 Å². The van der Waals surface area contributed by atoms with E-state index in [1.54, 1.807) is 15.5 Å². The lowest BCUT2D eigenvalue weighted by Crippen LogP contribution is -2.42. The fourth-order valence-corrected chi connectivity index (χ4v) is 2.32. The molecule has 3 aromatic rings. The first kappa shape index (κ1) is 12.7. The number of fused-ring (bicyclic) bond motifs is 1. The lowest BCUT2D eigenvalue weighted by Gasteiger charge is -2.04. The highest BCUT2D eigenvalue weighted by Gasteiger charge is 2.19. The van der Waals surface area contributed by atoms with Crippen LogP contribution in [0.3, 0.4) is 0 Å². The third-order valence-electron chi connectivity index (χ3n) is 3.26. The summed E-state index contributed by atoms with van der Waals surface area (Å²) in [6, 6.07) is 11.9. The molecule has 0 aliphatic carbocycles. The topological polar surface area (TPSA) is 54.3 Å². The molecule has 0 fully saturated rings.